The van der Waals surface area contributed by atoms with Crippen molar-refractivity contribution in [3.63, 3.8) is 0 Å². The van der Waals surface area contributed by atoms with Crippen molar-refractivity contribution in [3.05, 3.63) is 76.2 Å². The highest BCUT2D eigenvalue weighted by molar-refractivity contribution is 6.22. The Morgan fingerprint density at radius 2 is 1.67 bits per heavy atom. The molecule has 2 heterocycles. The molecule has 172 valence electrons. The van der Waals surface area contributed by atoms with Crippen molar-refractivity contribution < 1.29 is 14.3 Å². The van der Waals surface area contributed by atoms with E-state index in [1.54, 1.807) is 31.2 Å². The molecule has 0 radical (unpaired) electrons. The number of ether oxygens (including phenoxy) is 1. The number of hydrogen-bond donors (Lipinski definition) is 1. The normalized spacial score (nSPS) is 15.9. The minimum Gasteiger partial charge on any atom is -0.494 e. The zero-order chi connectivity index (χ0) is 23.4. The number of aryl methyl sites for hydroxylation is 1. The van der Waals surface area contributed by atoms with Gasteiger partial charge >= 0.3 is 0 Å². The molecule has 7 nitrogen and oxygen atoms in total. The Morgan fingerprint density at radius 1 is 0.939 bits per heavy atom. The maximum atomic E-state index is 13.2. The maximum absolute atomic E-state index is 13.2. The van der Waals surface area contributed by atoms with Gasteiger partial charge in [0.25, 0.3) is 5.56 Å². The first-order valence-electron chi connectivity index (χ1n) is 11.5. The molecule has 0 bridgehead atoms. The lowest BCUT2D eigenvalue weighted by atomic mass is 9.98. The number of imide groups is 1. The van der Waals surface area contributed by atoms with Crippen molar-refractivity contribution in [2.75, 3.05) is 11.5 Å². The third-order valence-corrected chi connectivity index (χ3v) is 5.99. The van der Waals surface area contributed by atoms with E-state index >= 15 is 0 Å². The molecule has 33 heavy (non-hydrogen) atoms. The Bertz CT molecular complexity index is 1180. The number of rotatable bonds is 9. The molecule has 1 N–H and O–H groups in total. The number of nitrogens with zero attached hydrogens (tertiary/aromatic N) is 2. The zero-order valence-electron chi connectivity index (χ0n) is 19.0. The van der Waals surface area contributed by atoms with Crippen LogP contribution >= 0.6 is 0 Å². The number of para-hydroxylation sites is 1. The number of H-pyrrole nitrogens is 1. The first-order chi connectivity index (χ1) is 16.0. The van der Waals surface area contributed by atoms with E-state index < -0.39 is 5.92 Å². The Morgan fingerprint density at radius 3 is 2.36 bits per heavy atom. The summed E-state index contributed by atoms with van der Waals surface area (Å²) in [6.45, 7) is 4.56. The minimum atomic E-state index is -0.805. The number of nitrogens with one attached hydrogen (secondary N) is 1. The first kappa shape index (κ1) is 22.6. The van der Waals surface area contributed by atoms with Crippen LogP contribution in [0.4, 0.5) is 5.69 Å². The second-order valence-electron chi connectivity index (χ2n) is 8.35. The number of carbonyl (C=O) groups excluding carboxylic acids is 2. The molecule has 0 unspecified atom stereocenters. The average molecular weight is 448 g/mol. The molecule has 0 aliphatic carbocycles. The average Bonchev–Trinajstić information content (AvgIpc) is 3.28. The second-order valence-corrected chi connectivity index (χ2v) is 8.35. The first-order valence-corrected chi connectivity index (χ1v) is 11.5. The van der Waals surface area contributed by atoms with Gasteiger partial charge in [-0.2, -0.15) is 0 Å². The number of amides is 2. The van der Waals surface area contributed by atoms with E-state index in [4.69, 9.17) is 4.74 Å². The van der Waals surface area contributed by atoms with Crippen molar-refractivity contribution in [2.24, 2.45) is 0 Å². The summed E-state index contributed by atoms with van der Waals surface area (Å²) in [6.07, 6.45) is 4.47. The third kappa shape index (κ3) is 4.62. The van der Waals surface area contributed by atoms with Gasteiger partial charge in [-0.3, -0.25) is 19.5 Å². The fourth-order valence-corrected chi connectivity index (χ4v) is 4.27. The van der Waals surface area contributed by atoms with Gasteiger partial charge in [-0.15, -0.1) is 0 Å². The van der Waals surface area contributed by atoms with Crippen LogP contribution in [0.2, 0.25) is 0 Å². The van der Waals surface area contributed by atoms with E-state index in [1.165, 1.54) is 22.4 Å². The number of aromatic amines is 1. The molecule has 1 aliphatic heterocycles. The van der Waals surface area contributed by atoms with E-state index in [0.29, 0.717) is 35.0 Å². The molecule has 1 aromatic heterocycles. The van der Waals surface area contributed by atoms with Crippen molar-refractivity contribution in [3.8, 4) is 11.4 Å². The summed E-state index contributed by atoms with van der Waals surface area (Å²) < 4.78 is 7.17. The lowest BCUT2D eigenvalue weighted by Gasteiger charge is -2.15. The summed E-state index contributed by atoms with van der Waals surface area (Å²) in [6, 6.07) is 16.1. The highest BCUT2D eigenvalue weighted by Gasteiger charge is 2.43. The molecule has 7 heteroatoms. The predicted octanol–water partition coefficient (Wildman–Crippen LogP) is 4.48. The summed E-state index contributed by atoms with van der Waals surface area (Å²) in [7, 11) is 0. The zero-order valence-corrected chi connectivity index (χ0v) is 19.0. The lowest BCUT2D eigenvalue weighted by molar-refractivity contribution is -0.121. The summed E-state index contributed by atoms with van der Waals surface area (Å²) in [5.41, 5.74) is 1.78. The van der Waals surface area contributed by atoms with E-state index in [-0.39, 0.29) is 23.8 Å². The van der Waals surface area contributed by atoms with Gasteiger partial charge in [0.05, 0.1) is 29.5 Å². The Labute approximate surface area is 193 Å². The third-order valence-electron chi connectivity index (χ3n) is 5.99. The van der Waals surface area contributed by atoms with E-state index in [0.717, 1.165) is 12.8 Å². The molecule has 1 atom stereocenters. The van der Waals surface area contributed by atoms with E-state index in [9.17, 15) is 14.4 Å². The van der Waals surface area contributed by atoms with Crippen LogP contribution in [0.25, 0.3) is 5.69 Å². The smallest absolute Gasteiger partial charge is 0.275 e. The van der Waals surface area contributed by atoms with Gasteiger partial charge in [0, 0.05) is 12.1 Å². The van der Waals surface area contributed by atoms with Gasteiger partial charge in [-0.25, -0.2) is 9.58 Å². The van der Waals surface area contributed by atoms with Crippen molar-refractivity contribution >= 4 is 17.5 Å². The van der Waals surface area contributed by atoms with Crippen LogP contribution in [-0.2, 0) is 9.59 Å². The Balaban J connectivity index is 1.51. The van der Waals surface area contributed by atoms with Crippen molar-refractivity contribution in [1.82, 2.24) is 9.78 Å². The van der Waals surface area contributed by atoms with Crippen LogP contribution in [0, 0.1) is 6.92 Å². The molecule has 2 amide bonds. The molecule has 1 saturated heterocycles. The molecule has 1 aliphatic rings. The van der Waals surface area contributed by atoms with Crippen LogP contribution < -0.4 is 15.2 Å². The summed E-state index contributed by atoms with van der Waals surface area (Å²) >= 11 is 0. The van der Waals surface area contributed by atoms with Gasteiger partial charge in [-0.1, -0.05) is 44.4 Å². The van der Waals surface area contributed by atoms with E-state index in [2.05, 4.69) is 12.0 Å². The minimum absolute atomic E-state index is 0.0305. The molecular weight excluding hydrogens is 418 g/mol. The quantitative estimate of drug-likeness (QED) is 0.387. The number of anilines is 1. The predicted molar refractivity (Wildman–Crippen MR) is 127 cm³/mol. The molecule has 0 spiro atoms. The molecule has 0 saturated carbocycles. The van der Waals surface area contributed by atoms with Gasteiger partial charge in [0.2, 0.25) is 11.8 Å². The molecule has 1 fully saturated rings. The Kier molecular flexibility index (Phi) is 6.77. The standard InChI is InChI=1S/C26H29N3O4/c1-3-4-5-9-16-33-21-14-12-19(13-15-21)28-23(30)17-22(25(28)31)24-18(2)27-29(26(24)32)20-10-7-6-8-11-20/h6-8,10-15,22,27H,3-5,9,16-17H2,1-2H3/t22-/m0/s1. The van der Waals surface area contributed by atoms with Crippen LogP contribution in [-0.4, -0.2) is 28.2 Å². The fourth-order valence-electron chi connectivity index (χ4n) is 4.27. The topological polar surface area (TPSA) is 84.4 Å². The maximum Gasteiger partial charge on any atom is 0.275 e. The number of hydrogen-bond acceptors (Lipinski definition) is 4. The largest absolute Gasteiger partial charge is 0.494 e. The van der Waals surface area contributed by atoms with E-state index in [1.807, 2.05) is 30.3 Å². The Hall–Kier alpha value is -3.61. The van der Waals surface area contributed by atoms with Crippen LogP contribution in [0.15, 0.2) is 59.4 Å². The summed E-state index contributed by atoms with van der Waals surface area (Å²) in [5.74, 6) is -0.795. The van der Waals surface area contributed by atoms with Crippen molar-refractivity contribution in [1.29, 1.82) is 0 Å². The van der Waals surface area contributed by atoms with Crippen LogP contribution in [0.3, 0.4) is 0 Å². The monoisotopic (exact) mass is 447 g/mol. The van der Waals surface area contributed by atoms with Crippen LogP contribution in [0.5, 0.6) is 5.75 Å². The summed E-state index contributed by atoms with van der Waals surface area (Å²) in [5, 5.41) is 3.04. The SMILES string of the molecule is CCCCCCOc1ccc(N2C(=O)C[C@@H](c3c(C)[nH]n(-c4ccccc4)c3=O)C2=O)cc1. The number of benzene rings is 2. The molecule has 3 aromatic rings. The number of aromatic nitrogens is 2. The summed E-state index contributed by atoms with van der Waals surface area (Å²) in [4.78, 5) is 40.3. The number of unbranched alkanes of at least 4 members (excludes halogenated alkanes) is 3. The number of carbonyl (C=O) groups is 2. The molecule has 4 rings (SSSR count). The second kappa shape index (κ2) is 9.90. The van der Waals surface area contributed by atoms with Crippen LogP contribution in [0.1, 0.15) is 56.2 Å². The van der Waals surface area contributed by atoms with Gasteiger partial charge < -0.3 is 4.74 Å². The molecule has 2 aromatic carbocycles. The van der Waals surface area contributed by atoms with Gasteiger partial charge in [0.1, 0.15) is 5.75 Å². The van der Waals surface area contributed by atoms with Gasteiger partial charge in [-0.05, 0) is 49.7 Å². The highest BCUT2D eigenvalue weighted by Crippen LogP contribution is 2.33. The lowest BCUT2D eigenvalue weighted by Crippen LogP contribution is -2.31. The van der Waals surface area contributed by atoms with Crippen molar-refractivity contribution in [2.45, 2.75) is 51.9 Å². The fraction of sp³-hybridized carbons (Fsp3) is 0.346. The highest BCUT2D eigenvalue weighted by atomic mass is 16.5. The van der Waals surface area contributed by atoms with Gasteiger partial charge in [0.15, 0.2) is 0 Å². The molecular formula is C26H29N3O4.